The Labute approximate surface area is 128 Å². The molecule has 20 heavy (non-hydrogen) atoms. The summed E-state index contributed by atoms with van der Waals surface area (Å²) in [5.74, 6) is 0.693. The third-order valence-electron chi connectivity index (χ3n) is 4.14. The Morgan fingerprint density at radius 1 is 1.30 bits per heavy atom. The van der Waals surface area contributed by atoms with Gasteiger partial charge in [-0.25, -0.2) is 0 Å². The molecule has 1 atom stereocenters. The molecule has 2 nitrogen and oxygen atoms in total. The molecule has 1 fully saturated rings. The molecule has 1 N–H and O–H groups in total. The number of nitrogens with one attached hydrogen (secondary N) is 1. The zero-order valence-corrected chi connectivity index (χ0v) is 13.9. The molecule has 1 aliphatic rings. The van der Waals surface area contributed by atoms with E-state index < -0.39 is 0 Å². The van der Waals surface area contributed by atoms with Crippen molar-refractivity contribution < 1.29 is 0 Å². The summed E-state index contributed by atoms with van der Waals surface area (Å²) >= 11 is 6.45. The summed E-state index contributed by atoms with van der Waals surface area (Å²) in [6.07, 6.45) is 2.59. The summed E-state index contributed by atoms with van der Waals surface area (Å²) in [6, 6.07) is 7.67. The number of hydrogen-bond acceptors (Lipinski definition) is 2. The lowest BCUT2D eigenvalue weighted by atomic mass is 10.0. The minimum Gasteiger partial charge on any atom is -0.368 e. The van der Waals surface area contributed by atoms with Crippen molar-refractivity contribution in [2.75, 3.05) is 11.4 Å². The van der Waals surface area contributed by atoms with E-state index in [0.717, 1.165) is 18.1 Å². The third-order valence-corrected chi connectivity index (χ3v) is 4.49. The van der Waals surface area contributed by atoms with Gasteiger partial charge in [0.15, 0.2) is 0 Å². The number of nitrogens with zero attached hydrogens (tertiary/aromatic N) is 1. The van der Waals surface area contributed by atoms with Gasteiger partial charge in [-0.2, -0.15) is 0 Å². The number of halogens is 1. The van der Waals surface area contributed by atoms with Crippen LogP contribution in [0.1, 0.15) is 46.1 Å². The lowest BCUT2D eigenvalue weighted by Gasteiger charge is -2.30. The van der Waals surface area contributed by atoms with Gasteiger partial charge in [-0.05, 0) is 36.5 Å². The predicted molar refractivity (Wildman–Crippen MR) is 88.6 cm³/mol. The molecule has 0 bridgehead atoms. The SMILES string of the molecule is CC(C)NCc1ccc(N2CCCC2C(C)C)cc1Cl. The van der Waals surface area contributed by atoms with E-state index in [1.807, 2.05) is 0 Å². The predicted octanol–water partition coefficient (Wildman–Crippen LogP) is 4.46. The second kappa shape index (κ2) is 6.82. The van der Waals surface area contributed by atoms with Gasteiger partial charge >= 0.3 is 0 Å². The van der Waals surface area contributed by atoms with E-state index in [-0.39, 0.29) is 0 Å². The Morgan fingerprint density at radius 3 is 2.65 bits per heavy atom. The van der Waals surface area contributed by atoms with E-state index in [9.17, 15) is 0 Å². The van der Waals surface area contributed by atoms with Gasteiger partial charge < -0.3 is 10.2 Å². The first-order chi connectivity index (χ1) is 9.49. The zero-order chi connectivity index (χ0) is 14.7. The molecular weight excluding hydrogens is 268 g/mol. The Kier molecular flexibility index (Phi) is 5.34. The molecule has 1 heterocycles. The van der Waals surface area contributed by atoms with Crippen LogP contribution in [0.2, 0.25) is 5.02 Å². The highest BCUT2D eigenvalue weighted by Crippen LogP contribution is 2.32. The van der Waals surface area contributed by atoms with E-state index in [4.69, 9.17) is 11.6 Å². The zero-order valence-electron chi connectivity index (χ0n) is 13.1. The smallest absolute Gasteiger partial charge is 0.0471 e. The average molecular weight is 295 g/mol. The van der Waals surface area contributed by atoms with E-state index in [1.165, 1.54) is 24.1 Å². The van der Waals surface area contributed by atoms with E-state index in [0.29, 0.717) is 18.0 Å². The first-order valence-corrected chi connectivity index (χ1v) is 8.15. The fraction of sp³-hybridized carbons (Fsp3) is 0.647. The van der Waals surface area contributed by atoms with Crippen molar-refractivity contribution in [1.82, 2.24) is 5.32 Å². The van der Waals surface area contributed by atoms with Gasteiger partial charge in [0.1, 0.15) is 0 Å². The van der Waals surface area contributed by atoms with Crippen molar-refractivity contribution in [3.8, 4) is 0 Å². The second-order valence-electron chi connectivity index (χ2n) is 6.46. The number of rotatable bonds is 5. The quantitative estimate of drug-likeness (QED) is 0.862. The molecule has 0 aliphatic carbocycles. The van der Waals surface area contributed by atoms with E-state index in [1.54, 1.807) is 0 Å². The van der Waals surface area contributed by atoms with E-state index in [2.05, 4.69) is 56.1 Å². The molecule has 3 heteroatoms. The summed E-state index contributed by atoms with van der Waals surface area (Å²) < 4.78 is 0. The standard InChI is InChI=1S/C17H27ClN2/c1-12(2)17-6-5-9-20(17)15-8-7-14(16(18)10-15)11-19-13(3)4/h7-8,10,12-13,17,19H,5-6,9,11H2,1-4H3. The van der Waals surface area contributed by atoms with Gasteiger partial charge in [0.2, 0.25) is 0 Å². The topological polar surface area (TPSA) is 15.3 Å². The lowest BCUT2D eigenvalue weighted by Crippen LogP contribution is -2.33. The van der Waals surface area contributed by atoms with Gasteiger partial charge in [0.25, 0.3) is 0 Å². The highest BCUT2D eigenvalue weighted by atomic mass is 35.5. The van der Waals surface area contributed by atoms with Crippen molar-refractivity contribution in [2.24, 2.45) is 5.92 Å². The molecule has 0 aromatic heterocycles. The summed E-state index contributed by atoms with van der Waals surface area (Å²) in [5.41, 5.74) is 2.46. The Bertz CT molecular complexity index is 443. The van der Waals surface area contributed by atoms with Crippen LogP contribution in [0.5, 0.6) is 0 Å². The Balaban J connectivity index is 2.12. The van der Waals surface area contributed by atoms with Crippen LogP contribution in [0.25, 0.3) is 0 Å². The molecule has 1 unspecified atom stereocenters. The maximum absolute atomic E-state index is 6.45. The van der Waals surface area contributed by atoms with Crippen LogP contribution in [-0.2, 0) is 6.54 Å². The van der Waals surface area contributed by atoms with Gasteiger partial charge in [0, 0.05) is 35.9 Å². The average Bonchev–Trinajstić information content (AvgIpc) is 2.86. The van der Waals surface area contributed by atoms with Crippen LogP contribution in [0.3, 0.4) is 0 Å². The first-order valence-electron chi connectivity index (χ1n) is 7.77. The fourth-order valence-corrected chi connectivity index (χ4v) is 3.22. The van der Waals surface area contributed by atoms with Crippen molar-refractivity contribution >= 4 is 17.3 Å². The van der Waals surface area contributed by atoms with Crippen LogP contribution >= 0.6 is 11.6 Å². The monoisotopic (exact) mass is 294 g/mol. The Hall–Kier alpha value is -0.730. The molecule has 1 aliphatic heterocycles. The third kappa shape index (κ3) is 3.67. The minimum atomic E-state index is 0.481. The highest BCUT2D eigenvalue weighted by molar-refractivity contribution is 6.31. The number of benzene rings is 1. The molecule has 112 valence electrons. The van der Waals surface area contributed by atoms with Crippen LogP contribution in [0.4, 0.5) is 5.69 Å². The van der Waals surface area contributed by atoms with E-state index >= 15 is 0 Å². The van der Waals surface area contributed by atoms with Gasteiger partial charge in [-0.1, -0.05) is 45.4 Å². The van der Waals surface area contributed by atoms with Gasteiger partial charge in [-0.3, -0.25) is 0 Å². The maximum atomic E-state index is 6.45. The maximum Gasteiger partial charge on any atom is 0.0471 e. The fourth-order valence-electron chi connectivity index (χ4n) is 2.98. The van der Waals surface area contributed by atoms with Gasteiger partial charge in [-0.15, -0.1) is 0 Å². The first kappa shape index (κ1) is 15.7. The normalized spacial score (nSPS) is 19.4. The molecule has 0 amide bonds. The Morgan fingerprint density at radius 2 is 2.05 bits per heavy atom. The highest BCUT2D eigenvalue weighted by Gasteiger charge is 2.27. The van der Waals surface area contributed by atoms with Crippen molar-refractivity contribution in [3.05, 3.63) is 28.8 Å². The molecule has 0 spiro atoms. The largest absolute Gasteiger partial charge is 0.368 e. The summed E-state index contributed by atoms with van der Waals surface area (Å²) in [6.45, 7) is 10.9. The molecule has 0 radical (unpaired) electrons. The van der Waals surface area contributed by atoms with Crippen LogP contribution in [0.15, 0.2) is 18.2 Å². The number of anilines is 1. The number of hydrogen-bond donors (Lipinski definition) is 1. The lowest BCUT2D eigenvalue weighted by molar-refractivity contribution is 0.492. The summed E-state index contributed by atoms with van der Waals surface area (Å²) in [7, 11) is 0. The molecule has 1 saturated heterocycles. The van der Waals surface area contributed by atoms with Crippen molar-refractivity contribution in [2.45, 2.75) is 59.2 Å². The van der Waals surface area contributed by atoms with Crippen molar-refractivity contribution in [3.63, 3.8) is 0 Å². The van der Waals surface area contributed by atoms with Crippen LogP contribution < -0.4 is 10.2 Å². The summed E-state index contributed by atoms with van der Waals surface area (Å²) in [4.78, 5) is 2.52. The van der Waals surface area contributed by atoms with Crippen LogP contribution in [-0.4, -0.2) is 18.6 Å². The van der Waals surface area contributed by atoms with Gasteiger partial charge in [0.05, 0.1) is 0 Å². The van der Waals surface area contributed by atoms with Crippen LogP contribution in [0, 0.1) is 5.92 Å². The molecule has 2 rings (SSSR count). The van der Waals surface area contributed by atoms with Crippen molar-refractivity contribution in [1.29, 1.82) is 0 Å². The molecule has 0 saturated carbocycles. The molecular formula is C17H27ClN2. The molecule has 1 aromatic carbocycles. The second-order valence-corrected chi connectivity index (χ2v) is 6.87. The summed E-state index contributed by atoms with van der Waals surface area (Å²) in [5, 5.41) is 4.30. The minimum absolute atomic E-state index is 0.481. The molecule has 1 aromatic rings.